The van der Waals surface area contributed by atoms with Crippen molar-refractivity contribution in [3.8, 4) is 22.9 Å². The molecule has 1 saturated heterocycles. The zero-order valence-electron chi connectivity index (χ0n) is 21.5. The second-order valence-electron chi connectivity index (χ2n) is 9.70. The number of ether oxygens (including phenoxy) is 3. The molecular weight excluding hydrogens is 490 g/mol. The fourth-order valence-corrected chi connectivity index (χ4v) is 5.55. The smallest absolute Gasteiger partial charge is 0.253 e. The Hall–Kier alpha value is -3.74. The van der Waals surface area contributed by atoms with Crippen molar-refractivity contribution in [1.29, 1.82) is 0 Å². The third-order valence-electron chi connectivity index (χ3n) is 7.57. The summed E-state index contributed by atoms with van der Waals surface area (Å²) in [6.45, 7) is 4.56. The number of fused-ring (bicyclic) bond motifs is 2. The molecule has 3 aromatic rings. The Morgan fingerprint density at radius 2 is 1.92 bits per heavy atom. The molecule has 1 N–H and O–H groups in total. The minimum absolute atomic E-state index is 0.00103. The number of likely N-dealkylation sites (N-methyl/N-ethyl adjacent to an activating group) is 1. The van der Waals surface area contributed by atoms with Crippen LogP contribution in [0.2, 0.25) is 0 Å². The average molecular weight is 522 g/mol. The molecule has 12 nitrogen and oxygen atoms in total. The van der Waals surface area contributed by atoms with E-state index in [1.807, 2.05) is 42.3 Å². The van der Waals surface area contributed by atoms with Crippen LogP contribution < -0.4 is 14.2 Å². The van der Waals surface area contributed by atoms with E-state index in [0.717, 1.165) is 42.9 Å². The number of tetrazole rings is 1. The third kappa shape index (κ3) is 4.24. The first-order valence-corrected chi connectivity index (χ1v) is 12.8. The van der Waals surface area contributed by atoms with E-state index in [1.165, 1.54) is 0 Å². The molecule has 0 unspecified atom stereocenters. The molecule has 12 heteroatoms. The standard InChI is InChI=1S/C26H31N7O5/c1-30-8-7-18-15-20-23(38-16-37-20)24(36-2)21(18)22(30)25-27-28-29-33(25)19-5-3-17(4-6-19)26(35)32-11-9-31(10-12-32)13-14-34/h3-6,15,22,34H,7-14,16H2,1-2H3/t22-/m0/s1. The van der Waals surface area contributed by atoms with Gasteiger partial charge < -0.3 is 24.2 Å². The van der Waals surface area contributed by atoms with Gasteiger partial charge in [-0.15, -0.1) is 5.10 Å². The van der Waals surface area contributed by atoms with E-state index in [-0.39, 0.29) is 25.3 Å². The molecule has 1 aromatic heterocycles. The van der Waals surface area contributed by atoms with Gasteiger partial charge in [0.1, 0.15) is 6.04 Å². The van der Waals surface area contributed by atoms with Gasteiger partial charge in [-0.05, 0) is 59.8 Å². The minimum Gasteiger partial charge on any atom is -0.492 e. The molecule has 1 amide bonds. The molecule has 0 bridgehead atoms. The molecule has 0 spiro atoms. The number of aliphatic hydroxyl groups excluding tert-OH is 1. The van der Waals surface area contributed by atoms with Crippen LogP contribution >= 0.6 is 0 Å². The minimum atomic E-state index is -0.269. The van der Waals surface area contributed by atoms with E-state index in [1.54, 1.807) is 11.8 Å². The van der Waals surface area contributed by atoms with Crippen molar-refractivity contribution < 1.29 is 24.1 Å². The third-order valence-corrected chi connectivity index (χ3v) is 7.57. The normalized spacial score (nSPS) is 19.4. The summed E-state index contributed by atoms with van der Waals surface area (Å²) in [5.74, 6) is 2.58. The van der Waals surface area contributed by atoms with E-state index in [0.29, 0.717) is 48.3 Å². The largest absolute Gasteiger partial charge is 0.492 e. The van der Waals surface area contributed by atoms with Gasteiger partial charge in [-0.2, -0.15) is 4.68 Å². The molecule has 2 aromatic carbocycles. The van der Waals surface area contributed by atoms with Gasteiger partial charge >= 0.3 is 0 Å². The number of benzene rings is 2. The summed E-state index contributed by atoms with van der Waals surface area (Å²) < 4.78 is 18.9. The number of nitrogens with zero attached hydrogens (tertiary/aromatic N) is 7. The number of carbonyl (C=O) groups excluding carboxylic acids is 1. The lowest BCUT2D eigenvalue weighted by atomic mass is 9.90. The van der Waals surface area contributed by atoms with E-state index < -0.39 is 0 Å². The molecule has 0 aliphatic carbocycles. The number of methoxy groups -OCH3 is 1. The fraction of sp³-hybridized carbons (Fsp3) is 0.462. The Labute approximate surface area is 220 Å². The number of aliphatic hydroxyl groups is 1. The number of carbonyl (C=O) groups is 1. The molecule has 1 atom stereocenters. The molecule has 6 rings (SSSR count). The first kappa shape index (κ1) is 24.6. The number of hydrogen-bond donors (Lipinski definition) is 1. The van der Waals surface area contributed by atoms with Crippen LogP contribution in [0.15, 0.2) is 30.3 Å². The van der Waals surface area contributed by atoms with E-state index in [4.69, 9.17) is 19.3 Å². The Kier molecular flexibility index (Phi) is 6.60. The Morgan fingerprint density at radius 3 is 2.66 bits per heavy atom. The summed E-state index contributed by atoms with van der Waals surface area (Å²) in [4.78, 5) is 19.3. The molecule has 38 heavy (non-hydrogen) atoms. The van der Waals surface area contributed by atoms with Gasteiger partial charge in [0.25, 0.3) is 5.91 Å². The van der Waals surface area contributed by atoms with Crippen LogP contribution in [0.3, 0.4) is 0 Å². The zero-order valence-corrected chi connectivity index (χ0v) is 21.5. The van der Waals surface area contributed by atoms with Crippen LogP contribution in [0.1, 0.15) is 33.4 Å². The van der Waals surface area contributed by atoms with Crippen LogP contribution in [0.4, 0.5) is 0 Å². The van der Waals surface area contributed by atoms with E-state index in [9.17, 15) is 4.79 Å². The van der Waals surface area contributed by atoms with Crippen molar-refractivity contribution in [2.24, 2.45) is 0 Å². The second-order valence-corrected chi connectivity index (χ2v) is 9.70. The summed E-state index contributed by atoms with van der Waals surface area (Å²) in [7, 11) is 3.67. The predicted octanol–water partition coefficient (Wildman–Crippen LogP) is 0.727. The lowest BCUT2D eigenvalue weighted by molar-refractivity contribution is 0.0615. The SMILES string of the molecule is COc1c2c(cc3c1[C@@H](c1nnnn1-c1ccc(C(=O)N4CCN(CCO)CC4)cc1)N(C)CC3)OCO2. The summed E-state index contributed by atoms with van der Waals surface area (Å²) >= 11 is 0. The highest BCUT2D eigenvalue weighted by molar-refractivity contribution is 5.94. The Bertz CT molecular complexity index is 1320. The van der Waals surface area contributed by atoms with Gasteiger partial charge in [0.15, 0.2) is 17.3 Å². The molecule has 200 valence electrons. The topological polar surface area (TPSA) is 118 Å². The number of hydrogen-bond acceptors (Lipinski definition) is 10. The maximum Gasteiger partial charge on any atom is 0.253 e. The summed E-state index contributed by atoms with van der Waals surface area (Å²) in [5, 5.41) is 21.9. The average Bonchev–Trinajstić information content (AvgIpc) is 3.62. The van der Waals surface area contributed by atoms with Crippen molar-refractivity contribution in [1.82, 2.24) is 34.9 Å². The van der Waals surface area contributed by atoms with Gasteiger partial charge in [-0.25, -0.2) is 0 Å². The first-order chi connectivity index (χ1) is 18.6. The van der Waals surface area contributed by atoms with Gasteiger partial charge in [0.05, 0.1) is 19.4 Å². The van der Waals surface area contributed by atoms with Crippen molar-refractivity contribution in [3.63, 3.8) is 0 Å². The highest BCUT2D eigenvalue weighted by Gasteiger charge is 2.37. The maximum atomic E-state index is 13.1. The van der Waals surface area contributed by atoms with Crippen LogP contribution in [0, 0.1) is 0 Å². The number of amides is 1. The van der Waals surface area contributed by atoms with Crippen molar-refractivity contribution in [2.75, 3.05) is 66.8 Å². The van der Waals surface area contributed by atoms with Crippen LogP contribution in [-0.4, -0.2) is 113 Å². The van der Waals surface area contributed by atoms with Crippen LogP contribution in [-0.2, 0) is 6.42 Å². The molecule has 0 saturated carbocycles. The van der Waals surface area contributed by atoms with Gasteiger partial charge in [0.2, 0.25) is 12.5 Å². The number of piperazine rings is 1. The quantitative estimate of drug-likeness (QED) is 0.497. The first-order valence-electron chi connectivity index (χ1n) is 12.8. The highest BCUT2D eigenvalue weighted by atomic mass is 16.7. The molecule has 1 fully saturated rings. The Balaban J connectivity index is 1.28. The summed E-state index contributed by atoms with van der Waals surface area (Å²) in [6, 6.07) is 9.14. The molecule has 3 aliphatic heterocycles. The number of rotatable bonds is 6. The van der Waals surface area contributed by atoms with Gasteiger partial charge in [-0.1, -0.05) is 0 Å². The lowest BCUT2D eigenvalue weighted by Gasteiger charge is -2.35. The van der Waals surface area contributed by atoms with E-state index >= 15 is 0 Å². The van der Waals surface area contributed by atoms with Crippen LogP contribution in [0.5, 0.6) is 17.2 Å². The molecule has 0 radical (unpaired) electrons. The number of β-amino-alcohol motifs (C(OH)–C–C–N with tert-alkyl or cyclic N) is 1. The summed E-state index contributed by atoms with van der Waals surface area (Å²) in [5.41, 5.74) is 3.46. The predicted molar refractivity (Wildman–Crippen MR) is 136 cm³/mol. The zero-order chi connectivity index (χ0) is 26.2. The lowest BCUT2D eigenvalue weighted by Crippen LogP contribution is -2.49. The fourth-order valence-electron chi connectivity index (χ4n) is 5.55. The van der Waals surface area contributed by atoms with Crippen molar-refractivity contribution in [2.45, 2.75) is 12.5 Å². The highest BCUT2D eigenvalue weighted by Crippen LogP contribution is 2.50. The molecular formula is C26H31N7O5. The van der Waals surface area contributed by atoms with Crippen molar-refractivity contribution in [3.05, 3.63) is 52.8 Å². The summed E-state index contributed by atoms with van der Waals surface area (Å²) in [6.07, 6.45) is 0.835. The van der Waals surface area contributed by atoms with Crippen LogP contribution in [0.25, 0.3) is 5.69 Å². The maximum absolute atomic E-state index is 13.1. The van der Waals surface area contributed by atoms with E-state index in [2.05, 4.69) is 25.3 Å². The van der Waals surface area contributed by atoms with Gasteiger partial charge in [-0.3, -0.25) is 14.6 Å². The van der Waals surface area contributed by atoms with Gasteiger partial charge in [0, 0.05) is 50.4 Å². The Morgan fingerprint density at radius 1 is 1.13 bits per heavy atom. The second kappa shape index (κ2) is 10.2. The number of aromatic nitrogens is 4. The monoisotopic (exact) mass is 521 g/mol. The molecule has 3 aliphatic rings. The molecule has 4 heterocycles. The van der Waals surface area contributed by atoms with Crippen molar-refractivity contribution >= 4 is 5.91 Å².